The molecule has 1 aliphatic heterocycles. The highest BCUT2D eigenvalue weighted by atomic mass is 79.9. The predicted octanol–water partition coefficient (Wildman–Crippen LogP) is 2.96. The first-order valence-corrected chi connectivity index (χ1v) is 9.25. The van der Waals surface area contributed by atoms with E-state index in [1.54, 1.807) is 12.1 Å². The molecule has 0 unspecified atom stereocenters. The number of nitrogens with one attached hydrogen (secondary N) is 2. The van der Waals surface area contributed by atoms with Gasteiger partial charge in [0.05, 0.1) is 9.47 Å². The molecule has 0 saturated carbocycles. The zero-order valence-corrected chi connectivity index (χ0v) is 13.7. The molecule has 0 fully saturated rings. The van der Waals surface area contributed by atoms with Crippen LogP contribution in [0.1, 0.15) is 11.1 Å². The van der Waals surface area contributed by atoms with E-state index in [1.807, 2.05) is 18.2 Å². The summed E-state index contributed by atoms with van der Waals surface area (Å²) < 4.78 is 28.6. The van der Waals surface area contributed by atoms with Gasteiger partial charge in [-0.3, -0.25) is 4.72 Å². The summed E-state index contributed by atoms with van der Waals surface area (Å²) >= 11 is 4.49. The molecule has 3 rings (SSSR count). The van der Waals surface area contributed by atoms with Crippen molar-refractivity contribution in [3.05, 3.63) is 45.2 Å². The topological polar surface area (TPSA) is 58.2 Å². The number of sulfonamides is 1. The quantitative estimate of drug-likeness (QED) is 0.870. The normalized spacial score (nSPS) is 14.8. The van der Waals surface area contributed by atoms with E-state index < -0.39 is 10.0 Å². The zero-order valence-electron chi connectivity index (χ0n) is 10.5. The third-order valence-electron chi connectivity index (χ3n) is 3.20. The summed E-state index contributed by atoms with van der Waals surface area (Å²) in [6, 6.07) is 9.08. The molecule has 106 valence electrons. The molecule has 2 heterocycles. The molecule has 0 saturated heterocycles. The Morgan fingerprint density at radius 1 is 1.25 bits per heavy atom. The molecule has 2 aromatic rings. The Morgan fingerprint density at radius 3 is 2.85 bits per heavy atom. The van der Waals surface area contributed by atoms with Crippen LogP contribution in [0.25, 0.3) is 0 Å². The van der Waals surface area contributed by atoms with Crippen molar-refractivity contribution in [1.82, 2.24) is 5.32 Å². The van der Waals surface area contributed by atoms with Crippen LogP contribution in [0, 0.1) is 0 Å². The lowest BCUT2D eigenvalue weighted by atomic mass is 9.99. The average molecular weight is 373 g/mol. The fraction of sp³-hybridized carbons (Fsp3) is 0.231. The molecule has 0 amide bonds. The lowest BCUT2D eigenvalue weighted by Crippen LogP contribution is -2.25. The fourth-order valence-corrected chi connectivity index (χ4v) is 5.37. The van der Waals surface area contributed by atoms with Crippen molar-refractivity contribution in [1.29, 1.82) is 0 Å². The van der Waals surface area contributed by atoms with E-state index in [0.29, 0.717) is 9.90 Å². The first-order valence-electron chi connectivity index (χ1n) is 6.16. The van der Waals surface area contributed by atoms with Crippen molar-refractivity contribution in [3.63, 3.8) is 0 Å². The number of benzene rings is 1. The smallest absolute Gasteiger partial charge is 0.271 e. The molecule has 0 atom stereocenters. The van der Waals surface area contributed by atoms with Crippen LogP contribution in [0.2, 0.25) is 0 Å². The molecule has 1 aliphatic rings. The second kappa shape index (κ2) is 5.48. The minimum Gasteiger partial charge on any atom is -0.312 e. The van der Waals surface area contributed by atoms with Gasteiger partial charge in [0.1, 0.15) is 4.21 Å². The summed E-state index contributed by atoms with van der Waals surface area (Å²) in [5, 5.41) is 3.28. The Balaban J connectivity index is 1.95. The van der Waals surface area contributed by atoms with E-state index in [4.69, 9.17) is 0 Å². The molecule has 1 aromatic carbocycles. The van der Waals surface area contributed by atoms with Gasteiger partial charge >= 0.3 is 0 Å². The maximum Gasteiger partial charge on any atom is 0.271 e. The van der Waals surface area contributed by atoms with Crippen molar-refractivity contribution in [2.45, 2.75) is 17.2 Å². The minimum absolute atomic E-state index is 0.316. The van der Waals surface area contributed by atoms with Crippen molar-refractivity contribution in [2.75, 3.05) is 11.3 Å². The van der Waals surface area contributed by atoms with E-state index in [9.17, 15) is 8.42 Å². The first-order chi connectivity index (χ1) is 9.56. The summed E-state index contributed by atoms with van der Waals surface area (Å²) in [5.74, 6) is 0. The van der Waals surface area contributed by atoms with Gasteiger partial charge in [0.15, 0.2) is 0 Å². The van der Waals surface area contributed by atoms with Crippen LogP contribution < -0.4 is 10.0 Å². The van der Waals surface area contributed by atoms with Crippen LogP contribution >= 0.6 is 27.3 Å². The molecule has 20 heavy (non-hydrogen) atoms. The summed E-state index contributed by atoms with van der Waals surface area (Å²) in [7, 11) is -3.51. The monoisotopic (exact) mass is 372 g/mol. The molecule has 7 heteroatoms. The maximum absolute atomic E-state index is 12.4. The lowest BCUT2D eigenvalue weighted by Gasteiger charge is -2.20. The molecule has 0 spiro atoms. The molecular weight excluding hydrogens is 360 g/mol. The van der Waals surface area contributed by atoms with Gasteiger partial charge in [-0.1, -0.05) is 12.1 Å². The van der Waals surface area contributed by atoms with Gasteiger partial charge in [0.25, 0.3) is 10.0 Å². The molecular formula is C13H13BrN2O2S2. The lowest BCUT2D eigenvalue weighted by molar-refractivity contribution is 0.602. The van der Waals surface area contributed by atoms with Gasteiger partial charge in [-0.15, -0.1) is 11.3 Å². The highest BCUT2D eigenvalue weighted by molar-refractivity contribution is 9.11. The third-order valence-corrected chi connectivity index (χ3v) is 6.68. The molecule has 0 radical (unpaired) electrons. The van der Waals surface area contributed by atoms with Crippen molar-refractivity contribution in [3.8, 4) is 0 Å². The van der Waals surface area contributed by atoms with Crippen LogP contribution in [0.15, 0.2) is 38.3 Å². The van der Waals surface area contributed by atoms with Gasteiger partial charge in [-0.05, 0) is 58.2 Å². The second-order valence-electron chi connectivity index (χ2n) is 4.53. The van der Waals surface area contributed by atoms with Crippen molar-refractivity contribution < 1.29 is 8.42 Å². The molecule has 2 N–H and O–H groups in total. The van der Waals surface area contributed by atoms with E-state index in [-0.39, 0.29) is 0 Å². The summed E-state index contributed by atoms with van der Waals surface area (Å²) in [4.78, 5) is 0. The highest BCUT2D eigenvalue weighted by Gasteiger charge is 2.20. The van der Waals surface area contributed by atoms with E-state index in [2.05, 4.69) is 26.0 Å². The molecule has 0 bridgehead atoms. The third kappa shape index (κ3) is 2.76. The number of anilines is 1. The Bertz CT molecular complexity index is 741. The fourth-order valence-electron chi connectivity index (χ4n) is 2.26. The van der Waals surface area contributed by atoms with E-state index in [0.717, 1.165) is 34.4 Å². The summed E-state index contributed by atoms with van der Waals surface area (Å²) in [6.45, 7) is 1.66. The Morgan fingerprint density at radius 2 is 2.10 bits per heavy atom. The molecule has 4 nitrogen and oxygen atoms in total. The number of halogens is 1. The van der Waals surface area contributed by atoms with Crippen LogP contribution in [-0.2, 0) is 23.0 Å². The van der Waals surface area contributed by atoms with Gasteiger partial charge in [-0.2, -0.15) is 0 Å². The van der Waals surface area contributed by atoms with Crippen LogP contribution in [-0.4, -0.2) is 15.0 Å². The Labute approximate surface area is 130 Å². The first kappa shape index (κ1) is 14.1. The highest BCUT2D eigenvalue weighted by Crippen LogP contribution is 2.30. The van der Waals surface area contributed by atoms with Crippen LogP contribution in [0.3, 0.4) is 0 Å². The zero-order chi connectivity index (χ0) is 14.2. The standard InChI is InChI=1S/C13H13BrN2O2S2/c14-12-4-5-13(19-12)20(17,18)16-11-3-1-2-9-8-15-7-6-10(9)11/h1-5,15-16H,6-8H2. The summed E-state index contributed by atoms with van der Waals surface area (Å²) in [6.07, 6.45) is 0.835. The van der Waals surface area contributed by atoms with Crippen LogP contribution in [0.5, 0.6) is 0 Å². The molecule has 1 aromatic heterocycles. The van der Waals surface area contributed by atoms with E-state index in [1.165, 1.54) is 11.3 Å². The second-order valence-corrected chi connectivity index (χ2v) is 8.91. The SMILES string of the molecule is O=S(=O)(Nc1cccc2c1CCNC2)c1ccc(Br)s1. The van der Waals surface area contributed by atoms with Gasteiger partial charge in [-0.25, -0.2) is 8.42 Å². The molecule has 0 aliphatic carbocycles. The predicted molar refractivity (Wildman–Crippen MR) is 84.7 cm³/mol. The average Bonchev–Trinajstić information content (AvgIpc) is 2.86. The van der Waals surface area contributed by atoms with Gasteiger partial charge < -0.3 is 5.32 Å². The number of rotatable bonds is 3. The van der Waals surface area contributed by atoms with Gasteiger partial charge in [0, 0.05) is 6.54 Å². The van der Waals surface area contributed by atoms with Crippen molar-refractivity contribution >= 4 is 43.0 Å². The number of fused-ring (bicyclic) bond motifs is 1. The van der Waals surface area contributed by atoms with Gasteiger partial charge in [0.2, 0.25) is 0 Å². The van der Waals surface area contributed by atoms with Crippen molar-refractivity contribution in [2.24, 2.45) is 0 Å². The number of hydrogen-bond donors (Lipinski definition) is 2. The maximum atomic E-state index is 12.4. The summed E-state index contributed by atoms with van der Waals surface area (Å²) in [5.41, 5.74) is 2.93. The Kier molecular flexibility index (Phi) is 3.85. The van der Waals surface area contributed by atoms with Crippen LogP contribution in [0.4, 0.5) is 5.69 Å². The number of hydrogen-bond acceptors (Lipinski definition) is 4. The largest absolute Gasteiger partial charge is 0.312 e. The van der Waals surface area contributed by atoms with E-state index >= 15 is 0 Å². The Hall–Kier alpha value is -0.890. The number of thiophene rings is 1. The minimum atomic E-state index is -3.51.